The quantitative estimate of drug-likeness (QED) is 0.646. The second kappa shape index (κ2) is 7.96. The molecule has 0 amide bonds. The van der Waals surface area contributed by atoms with E-state index in [1.165, 1.54) is 6.26 Å². The molecule has 0 aromatic rings. The number of nitrogens with zero attached hydrogens (tertiary/aromatic N) is 1. The maximum atomic E-state index is 10.9. The summed E-state index contributed by atoms with van der Waals surface area (Å²) in [5, 5.41) is 12.2. The zero-order chi connectivity index (χ0) is 13.4. The molecule has 0 aromatic carbocycles. The van der Waals surface area contributed by atoms with Crippen molar-refractivity contribution in [1.82, 2.24) is 5.32 Å². The Morgan fingerprint density at radius 3 is 2.53 bits per heavy atom. The molecule has 0 bridgehead atoms. The van der Waals surface area contributed by atoms with Gasteiger partial charge in [-0.15, -0.1) is 0 Å². The van der Waals surface area contributed by atoms with Gasteiger partial charge in [0.1, 0.15) is 15.4 Å². The van der Waals surface area contributed by atoms with Crippen LogP contribution in [-0.4, -0.2) is 44.0 Å². The molecular weight excluding hydrogens is 256 g/mol. The van der Waals surface area contributed by atoms with Crippen LogP contribution in [0.1, 0.15) is 26.7 Å². The Labute approximate surface area is 109 Å². The summed E-state index contributed by atoms with van der Waals surface area (Å²) in [4.78, 5) is 0. The molecule has 0 saturated carbocycles. The van der Waals surface area contributed by atoms with Crippen LogP contribution in [0.3, 0.4) is 0 Å². The summed E-state index contributed by atoms with van der Waals surface area (Å²) >= 11 is 1.63. The molecule has 0 rings (SSSR count). The maximum absolute atomic E-state index is 10.9. The molecular formula is C11H22N2O2S2. The minimum absolute atomic E-state index is 0.237. The van der Waals surface area contributed by atoms with Crippen LogP contribution in [0.4, 0.5) is 0 Å². The van der Waals surface area contributed by atoms with E-state index in [-0.39, 0.29) is 5.75 Å². The number of hydrogen-bond donors (Lipinski definition) is 1. The highest BCUT2D eigenvalue weighted by Crippen LogP contribution is 2.14. The molecule has 1 N–H and O–H groups in total. The fraction of sp³-hybridized carbons (Fsp3) is 0.909. The Hall–Kier alpha value is -0.250. The molecule has 17 heavy (non-hydrogen) atoms. The van der Waals surface area contributed by atoms with E-state index in [2.05, 4.69) is 11.4 Å². The van der Waals surface area contributed by atoms with Crippen molar-refractivity contribution >= 4 is 21.6 Å². The van der Waals surface area contributed by atoms with Crippen molar-refractivity contribution in [2.24, 2.45) is 0 Å². The number of rotatable bonds is 9. The van der Waals surface area contributed by atoms with Gasteiger partial charge >= 0.3 is 0 Å². The van der Waals surface area contributed by atoms with E-state index < -0.39 is 15.4 Å². The molecule has 0 heterocycles. The number of nitrogens with one attached hydrogen (secondary N) is 1. The summed E-state index contributed by atoms with van der Waals surface area (Å²) in [7, 11) is -2.84. The molecule has 4 nitrogen and oxygen atoms in total. The van der Waals surface area contributed by atoms with Crippen molar-refractivity contribution in [3.8, 4) is 6.07 Å². The SMILES string of the molecule is CCNC(C)(C#N)CCCSCCS(C)(=O)=O. The summed E-state index contributed by atoms with van der Waals surface area (Å²) in [5.74, 6) is 1.78. The highest BCUT2D eigenvalue weighted by atomic mass is 32.2. The lowest BCUT2D eigenvalue weighted by molar-refractivity contribution is 0.426. The topological polar surface area (TPSA) is 70.0 Å². The molecule has 100 valence electrons. The summed E-state index contributed by atoms with van der Waals surface area (Å²) in [6.45, 7) is 4.67. The van der Waals surface area contributed by atoms with E-state index in [9.17, 15) is 8.42 Å². The van der Waals surface area contributed by atoms with Gasteiger partial charge in [-0.2, -0.15) is 17.0 Å². The molecule has 0 saturated heterocycles. The molecule has 0 spiro atoms. The number of nitriles is 1. The molecule has 6 heteroatoms. The third kappa shape index (κ3) is 9.45. The number of thioether (sulfide) groups is 1. The average molecular weight is 278 g/mol. The van der Waals surface area contributed by atoms with Gasteiger partial charge in [0.2, 0.25) is 0 Å². The van der Waals surface area contributed by atoms with Crippen molar-refractivity contribution in [2.75, 3.05) is 30.1 Å². The van der Waals surface area contributed by atoms with Gasteiger partial charge in [0.05, 0.1) is 11.8 Å². The average Bonchev–Trinajstić information content (AvgIpc) is 2.22. The van der Waals surface area contributed by atoms with Crippen LogP contribution in [0.5, 0.6) is 0 Å². The van der Waals surface area contributed by atoms with Crippen LogP contribution < -0.4 is 5.32 Å². The molecule has 0 aromatic heterocycles. The van der Waals surface area contributed by atoms with E-state index in [0.29, 0.717) is 5.75 Å². The van der Waals surface area contributed by atoms with E-state index in [1.807, 2.05) is 13.8 Å². The van der Waals surface area contributed by atoms with Crippen molar-refractivity contribution in [2.45, 2.75) is 32.2 Å². The molecule has 0 aliphatic rings. The summed E-state index contributed by atoms with van der Waals surface area (Å²) in [6.07, 6.45) is 2.97. The second-order valence-corrected chi connectivity index (χ2v) is 7.80. The van der Waals surface area contributed by atoms with Crippen LogP contribution in [0.2, 0.25) is 0 Å². The van der Waals surface area contributed by atoms with Crippen LogP contribution in [0.15, 0.2) is 0 Å². The van der Waals surface area contributed by atoms with Crippen LogP contribution in [0.25, 0.3) is 0 Å². The zero-order valence-electron chi connectivity index (χ0n) is 10.8. The lowest BCUT2D eigenvalue weighted by atomic mass is 9.98. The fourth-order valence-electron chi connectivity index (χ4n) is 1.41. The third-order valence-electron chi connectivity index (χ3n) is 2.38. The highest BCUT2D eigenvalue weighted by molar-refractivity contribution is 8.00. The molecule has 1 atom stereocenters. The smallest absolute Gasteiger partial charge is 0.148 e. The van der Waals surface area contributed by atoms with Crippen LogP contribution in [0, 0.1) is 11.3 Å². The van der Waals surface area contributed by atoms with E-state index in [4.69, 9.17) is 5.26 Å². The summed E-state index contributed by atoms with van der Waals surface area (Å²) < 4.78 is 21.8. The van der Waals surface area contributed by atoms with E-state index in [0.717, 1.165) is 25.1 Å². The highest BCUT2D eigenvalue weighted by Gasteiger charge is 2.21. The monoisotopic (exact) mass is 278 g/mol. The summed E-state index contributed by atoms with van der Waals surface area (Å²) in [5.41, 5.74) is -0.452. The van der Waals surface area contributed by atoms with Crippen molar-refractivity contribution in [3.05, 3.63) is 0 Å². The molecule has 0 aliphatic carbocycles. The number of hydrogen-bond acceptors (Lipinski definition) is 5. The fourth-order valence-corrected chi connectivity index (χ4v) is 3.65. The van der Waals surface area contributed by atoms with Gasteiger partial charge in [-0.05, 0) is 32.1 Å². The Bertz CT molecular complexity index is 349. The predicted octanol–water partition coefficient (Wildman–Crippen LogP) is 1.44. The van der Waals surface area contributed by atoms with Gasteiger partial charge in [-0.1, -0.05) is 6.92 Å². The maximum Gasteiger partial charge on any atom is 0.148 e. The second-order valence-electron chi connectivity index (χ2n) is 4.32. The number of sulfone groups is 1. The van der Waals surface area contributed by atoms with Crippen LogP contribution >= 0.6 is 11.8 Å². The lowest BCUT2D eigenvalue weighted by Crippen LogP contribution is -2.40. The van der Waals surface area contributed by atoms with Crippen molar-refractivity contribution in [3.63, 3.8) is 0 Å². The first-order chi connectivity index (χ1) is 7.83. The molecule has 0 radical (unpaired) electrons. The van der Waals surface area contributed by atoms with Crippen LogP contribution in [-0.2, 0) is 9.84 Å². The minimum atomic E-state index is -2.84. The lowest BCUT2D eigenvalue weighted by Gasteiger charge is -2.22. The summed E-state index contributed by atoms with van der Waals surface area (Å²) in [6, 6.07) is 2.28. The molecule has 0 aliphatic heterocycles. The molecule has 1 unspecified atom stereocenters. The van der Waals surface area contributed by atoms with Crippen molar-refractivity contribution < 1.29 is 8.42 Å². The Morgan fingerprint density at radius 1 is 1.41 bits per heavy atom. The minimum Gasteiger partial charge on any atom is -0.300 e. The van der Waals surface area contributed by atoms with Gasteiger partial charge in [-0.3, -0.25) is 5.32 Å². The predicted molar refractivity (Wildman–Crippen MR) is 74.0 cm³/mol. The first kappa shape index (κ1) is 16.8. The van der Waals surface area contributed by atoms with Gasteiger partial charge in [0, 0.05) is 12.0 Å². The van der Waals surface area contributed by atoms with E-state index >= 15 is 0 Å². The van der Waals surface area contributed by atoms with Gasteiger partial charge in [0.15, 0.2) is 0 Å². The van der Waals surface area contributed by atoms with Gasteiger partial charge in [-0.25, -0.2) is 8.42 Å². The standard InChI is InChI=1S/C11H22N2O2S2/c1-4-13-11(2,10-12)6-5-7-16-8-9-17(3,14)15/h13H,4-9H2,1-3H3. The molecule has 0 fully saturated rings. The Balaban J connectivity index is 3.67. The first-order valence-electron chi connectivity index (χ1n) is 5.75. The first-order valence-corrected chi connectivity index (χ1v) is 8.96. The largest absolute Gasteiger partial charge is 0.300 e. The Kier molecular flexibility index (Phi) is 7.84. The third-order valence-corrected chi connectivity index (χ3v) is 4.65. The van der Waals surface area contributed by atoms with Gasteiger partial charge < -0.3 is 0 Å². The zero-order valence-corrected chi connectivity index (χ0v) is 12.5. The van der Waals surface area contributed by atoms with E-state index in [1.54, 1.807) is 11.8 Å². The normalized spacial score (nSPS) is 15.2. The van der Waals surface area contributed by atoms with Gasteiger partial charge in [0.25, 0.3) is 0 Å². The van der Waals surface area contributed by atoms with Crippen molar-refractivity contribution in [1.29, 1.82) is 5.26 Å². The Morgan fingerprint density at radius 2 is 2.06 bits per heavy atom.